The van der Waals surface area contributed by atoms with Crippen LogP contribution in [-0.4, -0.2) is 30.5 Å². The topological polar surface area (TPSA) is 84.7 Å². The smallest absolute Gasteiger partial charge is 0.310 e. The molecular weight excluding hydrogens is 346 g/mol. The van der Waals surface area contributed by atoms with Crippen molar-refractivity contribution in [3.63, 3.8) is 0 Å². The van der Waals surface area contributed by atoms with E-state index in [0.29, 0.717) is 5.69 Å². The van der Waals surface area contributed by atoms with Crippen molar-refractivity contribution in [1.82, 2.24) is 0 Å². The second-order valence-corrected chi connectivity index (χ2v) is 6.78. The fraction of sp³-hybridized carbons (Fsp3) is 0.350. The van der Waals surface area contributed by atoms with Crippen molar-refractivity contribution in [1.29, 1.82) is 0 Å². The average molecular weight is 369 g/mol. The number of nitro groups is 1. The number of nitro benzene ring substituents is 1. The number of nitrogens with zero attached hydrogens (tertiary/aromatic N) is 2. The van der Waals surface area contributed by atoms with E-state index < -0.39 is 4.92 Å². The minimum Gasteiger partial charge on any atom is -0.477 e. The third-order valence-corrected chi connectivity index (χ3v) is 4.72. The predicted octanol–water partition coefficient (Wildman–Crippen LogP) is 3.85. The quantitative estimate of drug-likeness (QED) is 0.617. The summed E-state index contributed by atoms with van der Waals surface area (Å²) in [7, 11) is 0. The molecule has 27 heavy (non-hydrogen) atoms. The summed E-state index contributed by atoms with van der Waals surface area (Å²) < 4.78 is 5.30. The molecule has 0 aliphatic carbocycles. The molecule has 1 N–H and O–H groups in total. The van der Waals surface area contributed by atoms with Gasteiger partial charge in [-0.2, -0.15) is 0 Å². The van der Waals surface area contributed by atoms with Gasteiger partial charge in [0.2, 0.25) is 0 Å². The summed E-state index contributed by atoms with van der Waals surface area (Å²) in [6.07, 6.45) is 2.39. The molecule has 0 aromatic heterocycles. The van der Waals surface area contributed by atoms with Gasteiger partial charge in [0.05, 0.1) is 4.92 Å². The fourth-order valence-electron chi connectivity index (χ4n) is 3.09. The van der Waals surface area contributed by atoms with Gasteiger partial charge in [0.15, 0.2) is 12.4 Å². The Bertz CT molecular complexity index is 799. The summed E-state index contributed by atoms with van der Waals surface area (Å²) >= 11 is 0. The lowest BCUT2D eigenvalue weighted by molar-refractivity contribution is -0.385. The highest BCUT2D eigenvalue weighted by Crippen LogP contribution is 2.26. The van der Waals surface area contributed by atoms with E-state index in [1.165, 1.54) is 25.0 Å². The van der Waals surface area contributed by atoms with Crippen LogP contribution in [0.25, 0.3) is 0 Å². The van der Waals surface area contributed by atoms with Gasteiger partial charge in [0, 0.05) is 30.5 Å². The highest BCUT2D eigenvalue weighted by molar-refractivity contribution is 5.92. The number of ether oxygens (including phenoxy) is 1. The summed E-state index contributed by atoms with van der Waals surface area (Å²) in [5.41, 5.74) is 1.65. The first kappa shape index (κ1) is 18.7. The molecular formula is C20H23N3O4. The van der Waals surface area contributed by atoms with Gasteiger partial charge in [0.1, 0.15) is 0 Å². The van der Waals surface area contributed by atoms with Crippen molar-refractivity contribution in [3.8, 4) is 5.75 Å². The molecule has 2 aromatic rings. The zero-order valence-electron chi connectivity index (χ0n) is 15.3. The standard InChI is InChI=1S/C20H23N3O4/c1-15-10-12-22(13-11-15)17-8-6-16(7-9-17)21-20(24)14-27-19-5-3-2-4-18(19)23(25)26/h2-9,15H,10-14H2,1H3,(H,21,24). The number of piperidine rings is 1. The third kappa shape index (κ3) is 4.97. The molecule has 142 valence electrons. The lowest BCUT2D eigenvalue weighted by Crippen LogP contribution is -2.32. The van der Waals surface area contributed by atoms with Crippen LogP contribution in [0.4, 0.5) is 17.1 Å². The van der Waals surface area contributed by atoms with Gasteiger partial charge in [-0.25, -0.2) is 0 Å². The average Bonchev–Trinajstić information content (AvgIpc) is 2.68. The molecule has 1 amide bonds. The number of amides is 1. The minimum absolute atomic E-state index is 0.0762. The molecule has 0 spiro atoms. The van der Waals surface area contributed by atoms with Gasteiger partial charge in [0.25, 0.3) is 5.91 Å². The highest BCUT2D eigenvalue weighted by Gasteiger charge is 2.17. The number of carbonyl (C=O) groups excluding carboxylic acids is 1. The summed E-state index contributed by atoms with van der Waals surface area (Å²) in [4.78, 5) is 24.8. The van der Waals surface area contributed by atoms with Gasteiger partial charge in [-0.05, 0) is 49.1 Å². The van der Waals surface area contributed by atoms with Crippen LogP contribution in [0.5, 0.6) is 5.75 Å². The maximum Gasteiger partial charge on any atom is 0.310 e. The van der Waals surface area contributed by atoms with E-state index in [4.69, 9.17) is 4.74 Å². The molecule has 0 saturated carbocycles. The number of rotatable bonds is 6. The number of hydrogen-bond donors (Lipinski definition) is 1. The van der Waals surface area contributed by atoms with Crippen LogP contribution in [0, 0.1) is 16.0 Å². The van der Waals surface area contributed by atoms with E-state index in [1.807, 2.05) is 24.3 Å². The van der Waals surface area contributed by atoms with Crippen LogP contribution < -0.4 is 15.0 Å². The second-order valence-electron chi connectivity index (χ2n) is 6.78. The SMILES string of the molecule is CC1CCN(c2ccc(NC(=O)COc3ccccc3[N+](=O)[O-])cc2)CC1. The monoisotopic (exact) mass is 369 g/mol. The molecule has 1 heterocycles. The Hall–Kier alpha value is -3.09. The molecule has 7 nitrogen and oxygen atoms in total. The first-order valence-electron chi connectivity index (χ1n) is 9.04. The summed E-state index contributed by atoms with van der Waals surface area (Å²) in [6, 6.07) is 13.7. The molecule has 3 rings (SSSR count). The second kappa shape index (κ2) is 8.53. The van der Waals surface area contributed by atoms with E-state index in [1.54, 1.807) is 12.1 Å². The molecule has 2 aromatic carbocycles. The Morgan fingerprint density at radius 1 is 1.19 bits per heavy atom. The first-order chi connectivity index (χ1) is 13.0. The highest BCUT2D eigenvalue weighted by atomic mass is 16.6. The van der Waals surface area contributed by atoms with Crippen molar-refractivity contribution in [2.45, 2.75) is 19.8 Å². The van der Waals surface area contributed by atoms with Crippen molar-refractivity contribution in [3.05, 3.63) is 58.6 Å². The summed E-state index contributed by atoms with van der Waals surface area (Å²) in [5, 5.41) is 13.7. The maximum absolute atomic E-state index is 12.1. The minimum atomic E-state index is -0.534. The van der Waals surface area contributed by atoms with E-state index in [2.05, 4.69) is 17.1 Å². The Labute approximate surface area is 158 Å². The van der Waals surface area contributed by atoms with Gasteiger partial charge in [-0.1, -0.05) is 19.1 Å². The van der Waals surface area contributed by atoms with Crippen LogP contribution in [-0.2, 0) is 4.79 Å². The maximum atomic E-state index is 12.1. The number of benzene rings is 2. The number of carbonyl (C=O) groups is 1. The number of nitrogens with one attached hydrogen (secondary N) is 1. The van der Waals surface area contributed by atoms with E-state index in [0.717, 1.165) is 24.7 Å². The first-order valence-corrected chi connectivity index (χ1v) is 9.04. The van der Waals surface area contributed by atoms with E-state index >= 15 is 0 Å². The fourth-order valence-corrected chi connectivity index (χ4v) is 3.09. The number of hydrogen-bond acceptors (Lipinski definition) is 5. The molecule has 0 bridgehead atoms. The van der Waals surface area contributed by atoms with E-state index in [-0.39, 0.29) is 24.0 Å². The van der Waals surface area contributed by atoms with Gasteiger partial charge >= 0.3 is 5.69 Å². The van der Waals surface area contributed by atoms with Crippen LogP contribution in [0.15, 0.2) is 48.5 Å². The Balaban J connectivity index is 1.53. The van der Waals surface area contributed by atoms with Gasteiger partial charge in [-0.15, -0.1) is 0 Å². The molecule has 1 aliphatic rings. The van der Waals surface area contributed by atoms with Crippen molar-refractivity contribution in [2.75, 3.05) is 29.9 Å². The molecule has 0 atom stereocenters. The third-order valence-electron chi connectivity index (χ3n) is 4.72. The van der Waals surface area contributed by atoms with Gasteiger partial charge < -0.3 is 15.0 Å². The zero-order chi connectivity index (χ0) is 19.2. The summed E-state index contributed by atoms with van der Waals surface area (Å²) in [5.74, 6) is 0.486. The predicted molar refractivity (Wildman–Crippen MR) is 104 cm³/mol. The van der Waals surface area contributed by atoms with E-state index in [9.17, 15) is 14.9 Å². The molecule has 0 radical (unpaired) electrons. The normalized spacial score (nSPS) is 14.6. The molecule has 1 aliphatic heterocycles. The van der Waals surface area contributed by atoms with Crippen LogP contribution in [0.2, 0.25) is 0 Å². The van der Waals surface area contributed by atoms with Crippen molar-refractivity contribution in [2.24, 2.45) is 5.92 Å². The zero-order valence-corrected chi connectivity index (χ0v) is 15.3. The van der Waals surface area contributed by atoms with Crippen molar-refractivity contribution >= 4 is 23.0 Å². The molecule has 1 fully saturated rings. The molecule has 0 unspecified atom stereocenters. The lowest BCUT2D eigenvalue weighted by atomic mass is 9.99. The van der Waals surface area contributed by atoms with Crippen molar-refractivity contribution < 1.29 is 14.5 Å². The number of para-hydroxylation sites is 2. The Kier molecular flexibility index (Phi) is 5.90. The van der Waals surface area contributed by atoms with Gasteiger partial charge in [-0.3, -0.25) is 14.9 Å². The van der Waals surface area contributed by atoms with Crippen LogP contribution in [0.1, 0.15) is 19.8 Å². The molecule has 1 saturated heterocycles. The molecule has 7 heteroatoms. The number of anilines is 2. The Morgan fingerprint density at radius 3 is 2.52 bits per heavy atom. The Morgan fingerprint density at radius 2 is 1.85 bits per heavy atom. The summed E-state index contributed by atoms with van der Waals surface area (Å²) in [6.45, 7) is 4.09. The lowest BCUT2D eigenvalue weighted by Gasteiger charge is -2.32. The largest absolute Gasteiger partial charge is 0.477 e. The van der Waals surface area contributed by atoms with Crippen LogP contribution >= 0.6 is 0 Å². The van der Waals surface area contributed by atoms with Crippen LogP contribution in [0.3, 0.4) is 0 Å².